The molecule has 1 amide bonds. The van der Waals surface area contributed by atoms with Gasteiger partial charge in [-0.2, -0.15) is 0 Å². The molecule has 0 spiro atoms. The molecule has 6 heteroatoms. The van der Waals surface area contributed by atoms with E-state index >= 15 is 0 Å². The molecule has 1 aliphatic heterocycles. The van der Waals surface area contributed by atoms with E-state index in [4.69, 9.17) is 9.15 Å². The molecule has 2 aromatic carbocycles. The van der Waals surface area contributed by atoms with Crippen molar-refractivity contribution in [3.8, 4) is 11.5 Å². The van der Waals surface area contributed by atoms with E-state index in [1.165, 1.54) is 6.42 Å². The highest BCUT2D eigenvalue weighted by Gasteiger charge is 2.25. The summed E-state index contributed by atoms with van der Waals surface area (Å²) in [4.78, 5) is 15.5. The van der Waals surface area contributed by atoms with E-state index in [-0.39, 0.29) is 11.7 Å². The first-order valence-electron chi connectivity index (χ1n) is 10.4. The number of piperidine rings is 1. The van der Waals surface area contributed by atoms with Crippen LogP contribution in [0.3, 0.4) is 0 Å². The number of furan rings is 1. The average molecular weight is 408 g/mol. The number of amides is 1. The van der Waals surface area contributed by atoms with Gasteiger partial charge < -0.3 is 19.6 Å². The molecule has 1 atom stereocenters. The van der Waals surface area contributed by atoms with Gasteiger partial charge in [-0.1, -0.05) is 6.92 Å². The van der Waals surface area contributed by atoms with Crippen molar-refractivity contribution in [1.82, 2.24) is 4.90 Å². The maximum atomic E-state index is 13.2. The quantitative estimate of drug-likeness (QED) is 0.625. The van der Waals surface area contributed by atoms with Crippen LogP contribution in [0.1, 0.15) is 41.4 Å². The Kier molecular flexibility index (Phi) is 5.68. The lowest BCUT2D eigenvalue weighted by Gasteiger charge is -2.31. The van der Waals surface area contributed by atoms with Crippen molar-refractivity contribution in [2.45, 2.75) is 33.2 Å². The molecule has 0 radical (unpaired) electrons. The predicted molar refractivity (Wildman–Crippen MR) is 117 cm³/mol. The van der Waals surface area contributed by atoms with E-state index in [2.05, 4.69) is 17.1 Å². The number of phenols is 1. The molecular formula is C24H28N2O4. The number of aromatic hydroxyl groups is 1. The number of anilines is 1. The number of fused-ring (bicyclic) bond motifs is 1. The van der Waals surface area contributed by atoms with Crippen LogP contribution in [-0.4, -0.2) is 36.1 Å². The molecule has 1 aromatic heterocycles. The molecule has 6 nitrogen and oxygen atoms in total. The third-order valence-electron chi connectivity index (χ3n) is 5.81. The molecule has 1 unspecified atom stereocenters. The number of likely N-dealkylation sites (tertiary alicyclic amines) is 1. The molecule has 0 saturated carbocycles. The van der Waals surface area contributed by atoms with Crippen molar-refractivity contribution in [3.63, 3.8) is 0 Å². The second-order valence-corrected chi connectivity index (χ2v) is 8.13. The van der Waals surface area contributed by atoms with Crippen LogP contribution in [0.2, 0.25) is 0 Å². The third kappa shape index (κ3) is 4.00. The summed E-state index contributed by atoms with van der Waals surface area (Å²) in [7, 11) is 1.60. The minimum Gasteiger partial charge on any atom is -0.508 e. The smallest absolute Gasteiger partial charge is 0.259 e. The van der Waals surface area contributed by atoms with Crippen molar-refractivity contribution in [3.05, 3.63) is 53.3 Å². The molecule has 158 valence electrons. The molecule has 0 aliphatic carbocycles. The van der Waals surface area contributed by atoms with Gasteiger partial charge in [-0.3, -0.25) is 9.69 Å². The summed E-state index contributed by atoms with van der Waals surface area (Å²) in [5.41, 5.74) is 2.50. The van der Waals surface area contributed by atoms with Crippen molar-refractivity contribution < 1.29 is 19.1 Å². The van der Waals surface area contributed by atoms with E-state index in [0.717, 1.165) is 30.8 Å². The number of benzene rings is 2. The third-order valence-corrected chi connectivity index (χ3v) is 5.81. The van der Waals surface area contributed by atoms with Gasteiger partial charge in [0.2, 0.25) is 0 Å². The number of carbonyl (C=O) groups is 1. The molecule has 4 rings (SSSR count). The van der Waals surface area contributed by atoms with Crippen LogP contribution in [0.4, 0.5) is 5.69 Å². The summed E-state index contributed by atoms with van der Waals surface area (Å²) in [6.45, 7) is 6.61. The van der Waals surface area contributed by atoms with Gasteiger partial charge in [0.05, 0.1) is 12.7 Å². The van der Waals surface area contributed by atoms with Crippen molar-refractivity contribution in [2.75, 3.05) is 25.5 Å². The Morgan fingerprint density at radius 3 is 2.73 bits per heavy atom. The van der Waals surface area contributed by atoms with Crippen molar-refractivity contribution in [1.29, 1.82) is 0 Å². The number of methoxy groups -OCH3 is 1. The summed E-state index contributed by atoms with van der Waals surface area (Å²) in [6, 6.07) is 10.6. The Balaban J connectivity index is 1.69. The monoisotopic (exact) mass is 408 g/mol. The number of hydrogen-bond donors (Lipinski definition) is 2. The fourth-order valence-electron chi connectivity index (χ4n) is 4.32. The number of phenolic OH excluding ortho intramolecular Hbond substituents is 1. The van der Waals surface area contributed by atoms with Crippen LogP contribution in [0.15, 0.2) is 40.8 Å². The van der Waals surface area contributed by atoms with Gasteiger partial charge in [-0.05, 0) is 68.6 Å². The zero-order valence-electron chi connectivity index (χ0n) is 17.7. The predicted octanol–water partition coefficient (Wildman–Crippen LogP) is 4.94. The molecular weight excluding hydrogens is 380 g/mol. The van der Waals surface area contributed by atoms with Crippen LogP contribution >= 0.6 is 0 Å². The normalized spacial score (nSPS) is 17.2. The standard InChI is InChI=1S/C24H28N2O4/c1-15-5-4-12-26(13-15)14-19-20(27)10-11-21-23(19)22(16(2)30-21)24(28)25-17-6-8-18(29-3)9-7-17/h6-11,15,27H,4-5,12-14H2,1-3H3,(H,25,28). The van der Waals surface area contributed by atoms with Crippen molar-refractivity contribution in [2.24, 2.45) is 5.92 Å². The molecule has 30 heavy (non-hydrogen) atoms. The maximum Gasteiger partial charge on any atom is 0.259 e. The Hall–Kier alpha value is -2.99. The van der Waals surface area contributed by atoms with E-state index in [1.54, 1.807) is 50.4 Å². The lowest BCUT2D eigenvalue weighted by atomic mass is 9.98. The second kappa shape index (κ2) is 8.40. The summed E-state index contributed by atoms with van der Waals surface area (Å²) in [5.74, 6) is 1.83. The summed E-state index contributed by atoms with van der Waals surface area (Å²) < 4.78 is 11.1. The first kappa shape index (κ1) is 20.3. The van der Waals surface area contributed by atoms with Gasteiger partial charge >= 0.3 is 0 Å². The SMILES string of the molecule is COc1ccc(NC(=O)c2c(C)oc3ccc(O)c(CN4CCCC(C)C4)c23)cc1. The number of nitrogens with zero attached hydrogens (tertiary/aromatic N) is 1. The van der Waals surface area contributed by atoms with Gasteiger partial charge in [0.1, 0.15) is 22.8 Å². The first-order valence-corrected chi connectivity index (χ1v) is 10.4. The number of rotatable bonds is 5. The number of carbonyl (C=O) groups excluding carboxylic acids is 1. The Morgan fingerprint density at radius 1 is 1.27 bits per heavy atom. The highest BCUT2D eigenvalue weighted by molar-refractivity contribution is 6.14. The minimum absolute atomic E-state index is 0.194. The Morgan fingerprint density at radius 2 is 2.03 bits per heavy atom. The van der Waals surface area contributed by atoms with Crippen LogP contribution in [0.5, 0.6) is 11.5 Å². The van der Waals surface area contributed by atoms with Gasteiger partial charge in [-0.25, -0.2) is 0 Å². The Bertz CT molecular complexity index is 1060. The minimum atomic E-state index is -0.254. The van der Waals surface area contributed by atoms with E-state index in [0.29, 0.717) is 40.4 Å². The molecule has 1 aliphatic rings. The van der Waals surface area contributed by atoms with Crippen LogP contribution < -0.4 is 10.1 Å². The summed E-state index contributed by atoms with van der Waals surface area (Å²) in [5, 5.41) is 14.3. The Labute approximate surface area is 176 Å². The van der Waals surface area contributed by atoms with E-state index < -0.39 is 0 Å². The zero-order valence-corrected chi connectivity index (χ0v) is 17.7. The summed E-state index contributed by atoms with van der Waals surface area (Å²) >= 11 is 0. The van der Waals surface area contributed by atoms with Gasteiger partial charge in [0.15, 0.2) is 0 Å². The highest BCUT2D eigenvalue weighted by atomic mass is 16.5. The number of aryl methyl sites for hydroxylation is 1. The number of ether oxygens (including phenoxy) is 1. The molecule has 2 N–H and O–H groups in total. The lowest BCUT2D eigenvalue weighted by molar-refractivity contribution is 0.102. The highest BCUT2D eigenvalue weighted by Crippen LogP contribution is 2.35. The molecule has 1 saturated heterocycles. The zero-order chi connectivity index (χ0) is 21.3. The topological polar surface area (TPSA) is 74.9 Å². The number of nitrogens with one attached hydrogen (secondary N) is 1. The largest absolute Gasteiger partial charge is 0.508 e. The molecule has 2 heterocycles. The van der Waals surface area contributed by atoms with Crippen LogP contribution in [-0.2, 0) is 6.54 Å². The van der Waals surface area contributed by atoms with E-state index in [9.17, 15) is 9.90 Å². The fraction of sp³-hybridized carbons (Fsp3) is 0.375. The summed E-state index contributed by atoms with van der Waals surface area (Å²) in [6.07, 6.45) is 2.38. The fourth-order valence-corrected chi connectivity index (χ4v) is 4.32. The lowest BCUT2D eigenvalue weighted by Crippen LogP contribution is -2.33. The maximum absolute atomic E-state index is 13.2. The van der Waals surface area contributed by atoms with Gasteiger partial charge in [-0.15, -0.1) is 0 Å². The second-order valence-electron chi connectivity index (χ2n) is 8.13. The first-order chi connectivity index (χ1) is 14.5. The number of hydrogen-bond acceptors (Lipinski definition) is 5. The molecule has 3 aromatic rings. The molecule has 1 fully saturated rings. The van der Waals surface area contributed by atoms with Crippen molar-refractivity contribution >= 4 is 22.6 Å². The van der Waals surface area contributed by atoms with E-state index in [1.807, 2.05) is 0 Å². The van der Waals surface area contributed by atoms with Gasteiger partial charge in [0, 0.05) is 29.7 Å². The average Bonchev–Trinajstić information content (AvgIpc) is 3.07. The van der Waals surface area contributed by atoms with Crippen LogP contribution in [0, 0.1) is 12.8 Å². The molecule has 0 bridgehead atoms. The van der Waals surface area contributed by atoms with Gasteiger partial charge in [0.25, 0.3) is 5.91 Å². The van der Waals surface area contributed by atoms with Crippen LogP contribution in [0.25, 0.3) is 11.0 Å².